The van der Waals surface area contributed by atoms with Crippen LogP contribution in [0.5, 0.6) is 17.2 Å². The van der Waals surface area contributed by atoms with Crippen LogP contribution in [0.15, 0.2) is 10.5 Å². The number of fused-ring (bicyclic) bond motifs is 1. The number of ether oxygens (including phenoxy) is 3. The predicted octanol–water partition coefficient (Wildman–Crippen LogP) is 2.61. The fraction of sp³-hybridized carbons (Fsp3) is 0.571. The molecule has 5 heteroatoms. The zero-order valence-corrected chi connectivity index (χ0v) is 12.6. The molecule has 0 amide bonds. The van der Waals surface area contributed by atoms with Crippen molar-refractivity contribution < 1.29 is 14.2 Å². The van der Waals surface area contributed by atoms with Crippen molar-refractivity contribution in [3.05, 3.63) is 16.1 Å². The first kappa shape index (κ1) is 13.1. The summed E-state index contributed by atoms with van der Waals surface area (Å²) in [6.45, 7) is 1.78. The molecule has 1 aromatic carbocycles. The van der Waals surface area contributed by atoms with Gasteiger partial charge in [0.25, 0.3) is 0 Å². The van der Waals surface area contributed by atoms with Gasteiger partial charge in [-0.05, 0) is 34.8 Å². The Morgan fingerprint density at radius 2 is 2.11 bits per heavy atom. The Bertz CT molecular complexity index is 494. The van der Waals surface area contributed by atoms with E-state index in [1.165, 1.54) is 6.42 Å². The van der Waals surface area contributed by atoms with Crippen molar-refractivity contribution in [3.63, 3.8) is 0 Å². The maximum Gasteiger partial charge on any atom is 0.179 e. The quantitative estimate of drug-likeness (QED) is 0.927. The third-order valence-corrected chi connectivity index (χ3v) is 4.93. The molecule has 19 heavy (non-hydrogen) atoms. The van der Waals surface area contributed by atoms with Gasteiger partial charge in [0, 0.05) is 17.5 Å². The number of hydrogen-bond acceptors (Lipinski definition) is 4. The van der Waals surface area contributed by atoms with E-state index in [1.807, 2.05) is 6.07 Å². The molecule has 1 saturated carbocycles. The molecule has 3 rings (SSSR count). The van der Waals surface area contributed by atoms with E-state index in [0.717, 1.165) is 40.1 Å². The Hall–Kier alpha value is -0.940. The molecule has 2 N–H and O–H groups in total. The highest BCUT2D eigenvalue weighted by Crippen LogP contribution is 2.53. The van der Waals surface area contributed by atoms with Gasteiger partial charge in [-0.1, -0.05) is 6.42 Å². The van der Waals surface area contributed by atoms with Crippen molar-refractivity contribution in [2.45, 2.75) is 24.7 Å². The summed E-state index contributed by atoms with van der Waals surface area (Å²) in [7, 11) is 1.68. The Morgan fingerprint density at radius 1 is 1.37 bits per heavy atom. The molecule has 1 fully saturated rings. The summed E-state index contributed by atoms with van der Waals surface area (Å²) in [5, 5.41) is 0. The van der Waals surface area contributed by atoms with Gasteiger partial charge in [-0.25, -0.2) is 0 Å². The lowest BCUT2D eigenvalue weighted by Gasteiger charge is -2.42. The predicted molar refractivity (Wildman–Crippen MR) is 76.3 cm³/mol. The maximum atomic E-state index is 6.01. The minimum Gasteiger partial charge on any atom is -0.495 e. The topological polar surface area (TPSA) is 53.7 Å². The van der Waals surface area contributed by atoms with E-state index >= 15 is 0 Å². The highest BCUT2D eigenvalue weighted by molar-refractivity contribution is 9.10. The Balaban J connectivity index is 2.15. The second-order valence-corrected chi connectivity index (χ2v) is 5.93. The van der Waals surface area contributed by atoms with E-state index in [0.29, 0.717) is 19.8 Å². The van der Waals surface area contributed by atoms with Crippen LogP contribution in [-0.2, 0) is 5.41 Å². The second kappa shape index (κ2) is 4.87. The minimum atomic E-state index is 0.0314. The number of hydrogen-bond donors (Lipinski definition) is 1. The van der Waals surface area contributed by atoms with Crippen LogP contribution >= 0.6 is 15.9 Å². The molecular weight excluding hydrogens is 310 g/mol. The van der Waals surface area contributed by atoms with Crippen molar-refractivity contribution in [3.8, 4) is 17.2 Å². The van der Waals surface area contributed by atoms with E-state index in [9.17, 15) is 0 Å². The first-order valence-corrected chi connectivity index (χ1v) is 7.38. The molecule has 0 radical (unpaired) electrons. The number of rotatable bonds is 3. The molecule has 1 aliphatic heterocycles. The number of nitrogens with two attached hydrogens (primary N) is 1. The van der Waals surface area contributed by atoms with Gasteiger partial charge < -0.3 is 19.9 Å². The molecule has 1 aromatic rings. The molecule has 0 aromatic heterocycles. The van der Waals surface area contributed by atoms with Gasteiger partial charge in [0.05, 0.1) is 7.11 Å². The zero-order chi connectivity index (χ0) is 13.5. The summed E-state index contributed by atoms with van der Waals surface area (Å²) in [4.78, 5) is 0. The van der Waals surface area contributed by atoms with Crippen molar-refractivity contribution >= 4 is 15.9 Å². The Kier molecular flexibility index (Phi) is 3.35. The smallest absolute Gasteiger partial charge is 0.179 e. The van der Waals surface area contributed by atoms with Gasteiger partial charge in [-0.2, -0.15) is 0 Å². The lowest BCUT2D eigenvalue weighted by atomic mass is 9.64. The molecule has 104 valence electrons. The van der Waals surface area contributed by atoms with Gasteiger partial charge in [0.2, 0.25) is 0 Å². The highest BCUT2D eigenvalue weighted by atomic mass is 79.9. The van der Waals surface area contributed by atoms with Gasteiger partial charge in [-0.15, -0.1) is 0 Å². The molecule has 0 bridgehead atoms. The zero-order valence-electron chi connectivity index (χ0n) is 11.0. The monoisotopic (exact) mass is 327 g/mol. The van der Waals surface area contributed by atoms with E-state index in [1.54, 1.807) is 7.11 Å². The molecule has 0 unspecified atom stereocenters. The molecule has 0 saturated heterocycles. The fourth-order valence-corrected chi connectivity index (χ4v) is 3.59. The summed E-state index contributed by atoms with van der Waals surface area (Å²) in [6, 6.07) is 2.05. The largest absolute Gasteiger partial charge is 0.495 e. The molecule has 0 atom stereocenters. The van der Waals surface area contributed by atoms with Crippen LogP contribution in [0.3, 0.4) is 0 Å². The molecular formula is C14H18BrNO3. The van der Waals surface area contributed by atoms with E-state index in [4.69, 9.17) is 19.9 Å². The third kappa shape index (κ3) is 1.91. The van der Waals surface area contributed by atoms with Gasteiger partial charge >= 0.3 is 0 Å². The van der Waals surface area contributed by atoms with Crippen molar-refractivity contribution in [2.75, 3.05) is 26.9 Å². The van der Waals surface area contributed by atoms with Gasteiger partial charge in [0.15, 0.2) is 11.5 Å². The number of benzene rings is 1. The molecule has 1 aliphatic carbocycles. The van der Waals surface area contributed by atoms with Crippen molar-refractivity contribution in [1.29, 1.82) is 0 Å². The fourth-order valence-electron chi connectivity index (χ4n) is 2.91. The standard InChI is InChI=1S/C14H18BrNO3/c1-17-12-9(14(8-16)3-2-4-14)7-10-13(11(12)15)19-6-5-18-10/h7H,2-6,8,16H2,1H3. The number of methoxy groups -OCH3 is 1. The Labute approximate surface area is 121 Å². The molecule has 1 heterocycles. The summed E-state index contributed by atoms with van der Waals surface area (Å²) in [6.07, 6.45) is 3.42. The average molecular weight is 328 g/mol. The van der Waals surface area contributed by atoms with Crippen molar-refractivity contribution in [1.82, 2.24) is 0 Å². The normalized spacial score (nSPS) is 19.7. The number of halogens is 1. The lowest BCUT2D eigenvalue weighted by Crippen LogP contribution is -2.42. The van der Waals surface area contributed by atoms with Crippen LogP contribution in [0.4, 0.5) is 0 Å². The van der Waals surface area contributed by atoms with Crippen LogP contribution in [0.25, 0.3) is 0 Å². The van der Waals surface area contributed by atoms with E-state index in [2.05, 4.69) is 15.9 Å². The molecule has 2 aliphatic rings. The molecule has 0 spiro atoms. The van der Waals surface area contributed by atoms with Crippen LogP contribution in [0.2, 0.25) is 0 Å². The first-order chi connectivity index (χ1) is 9.22. The summed E-state index contributed by atoms with van der Waals surface area (Å²) >= 11 is 3.58. The van der Waals surface area contributed by atoms with E-state index < -0.39 is 0 Å². The molecule has 4 nitrogen and oxygen atoms in total. The maximum absolute atomic E-state index is 6.01. The lowest BCUT2D eigenvalue weighted by molar-refractivity contribution is 0.167. The van der Waals surface area contributed by atoms with Crippen LogP contribution in [0.1, 0.15) is 24.8 Å². The Morgan fingerprint density at radius 3 is 2.68 bits per heavy atom. The summed E-state index contributed by atoms with van der Waals surface area (Å²) in [5.74, 6) is 2.35. The summed E-state index contributed by atoms with van der Waals surface area (Å²) < 4.78 is 17.8. The van der Waals surface area contributed by atoms with Crippen LogP contribution in [0, 0.1) is 0 Å². The average Bonchev–Trinajstić information content (AvgIpc) is 2.39. The van der Waals surface area contributed by atoms with Gasteiger partial charge in [0.1, 0.15) is 23.4 Å². The third-order valence-electron chi connectivity index (χ3n) is 4.21. The van der Waals surface area contributed by atoms with Crippen LogP contribution in [-0.4, -0.2) is 26.9 Å². The SMILES string of the molecule is COc1c(C2(CN)CCC2)cc2c(c1Br)OCCO2. The summed E-state index contributed by atoms with van der Waals surface area (Å²) in [5.41, 5.74) is 7.18. The first-order valence-electron chi connectivity index (χ1n) is 6.58. The van der Waals surface area contributed by atoms with Crippen molar-refractivity contribution in [2.24, 2.45) is 5.73 Å². The van der Waals surface area contributed by atoms with E-state index in [-0.39, 0.29) is 5.41 Å². The highest BCUT2D eigenvalue weighted by Gasteiger charge is 2.41. The van der Waals surface area contributed by atoms with Gasteiger partial charge in [-0.3, -0.25) is 0 Å². The van der Waals surface area contributed by atoms with Crippen LogP contribution < -0.4 is 19.9 Å². The minimum absolute atomic E-state index is 0.0314. The second-order valence-electron chi connectivity index (χ2n) is 5.13.